The first-order chi connectivity index (χ1) is 30.9. The molecule has 0 aromatic rings. The Bertz CT molecular complexity index is 1580. The van der Waals surface area contributed by atoms with Crippen LogP contribution < -0.4 is 0 Å². The van der Waals surface area contributed by atoms with Crippen LogP contribution in [0.3, 0.4) is 0 Å². The molecule has 1 unspecified atom stereocenters. The number of carbonyl (C=O) groups is 6. The Hall–Kier alpha value is -0.324. The standard InChI is InChI=1S/C20H38O7S.C12H26O4S.C6H8O7.C6H8O2.K.2Na/c1-3-5-7-9-11-13-15-26-19(21)17-18(28(23,24)25)20(22)27-16-14-12-10-8-6-4-2;1-2-3-4-5-6-7-8-9-10-11-12-16-17(13,14)15;7-3(8)1-6(13,5(11)12)2-4(9)10;1-2-3-4-5-6(7)8;;;/h18H,3-17H2,1-2H3,(H,23,24,25);2-12H2,1H3,(H,13,14,15);13H,1-2H2,(H,7,8)(H,9,10)(H,11,12);2-5H,1H3,(H,7,8);;;/b;;;3-2+,5-4+;;;. The zero-order valence-corrected chi connectivity index (χ0v) is 51.2. The molecule has 0 bridgehead atoms. The second-order valence-corrected chi connectivity index (χ2v) is 18.0. The van der Waals surface area contributed by atoms with Crippen LogP contribution in [0.5, 0.6) is 0 Å². The van der Waals surface area contributed by atoms with Crippen molar-refractivity contribution in [1.29, 1.82) is 0 Å². The molecule has 0 aliphatic heterocycles. The van der Waals surface area contributed by atoms with Crippen LogP contribution in [-0.2, 0) is 62.9 Å². The second kappa shape index (κ2) is 55.4. The van der Waals surface area contributed by atoms with Crippen LogP contribution in [0.15, 0.2) is 24.3 Å². The Morgan fingerprint density at radius 3 is 1.20 bits per heavy atom. The molecule has 3 radical (unpaired) electrons. The number of esters is 2. The van der Waals surface area contributed by atoms with E-state index in [2.05, 4.69) is 25.0 Å². The first-order valence-corrected chi connectivity index (χ1v) is 25.6. The van der Waals surface area contributed by atoms with Crippen molar-refractivity contribution in [2.75, 3.05) is 19.8 Å². The molecule has 0 heterocycles. The second-order valence-electron chi connectivity index (χ2n) is 15.3. The predicted octanol–water partition coefficient (Wildman–Crippen LogP) is 6.98. The van der Waals surface area contributed by atoms with Gasteiger partial charge in [-0.05, 0) is 26.2 Å². The molecule has 7 N–H and O–H groups in total. The summed E-state index contributed by atoms with van der Waals surface area (Å²) in [6.07, 6.45) is 26.9. The van der Waals surface area contributed by atoms with Gasteiger partial charge in [-0.25, -0.2) is 13.8 Å². The molecule has 0 amide bonds. The van der Waals surface area contributed by atoms with Gasteiger partial charge >= 0.3 is 46.2 Å². The van der Waals surface area contributed by atoms with Crippen molar-refractivity contribution in [2.24, 2.45) is 0 Å². The van der Waals surface area contributed by atoms with E-state index in [9.17, 15) is 50.2 Å². The largest absolute Gasteiger partial charge is 0.481 e. The van der Waals surface area contributed by atoms with E-state index in [0.29, 0.717) is 19.3 Å². The number of allylic oxidation sites excluding steroid dienone is 3. The minimum absolute atomic E-state index is 0. The smallest absolute Gasteiger partial charge is 0.397 e. The molecule has 0 saturated heterocycles. The molecule has 0 saturated carbocycles. The van der Waals surface area contributed by atoms with Crippen LogP contribution in [-0.4, -0.2) is 228 Å². The van der Waals surface area contributed by atoms with E-state index in [4.69, 9.17) is 39.6 Å². The van der Waals surface area contributed by atoms with Gasteiger partial charge in [-0.3, -0.25) is 28.3 Å². The van der Waals surface area contributed by atoms with Gasteiger partial charge in [-0.1, -0.05) is 161 Å². The molecule has 1 atom stereocenters. The number of carboxylic acids is 4. The Morgan fingerprint density at radius 1 is 0.551 bits per heavy atom. The summed E-state index contributed by atoms with van der Waals surface area (Å²) in [6.45, 7) is 8.64. The molecule has 25 heteroatoms. The molecule has 0 aromatic heterocycles. The number of carboxylic acid groups (broad SMARTS) is 4. The molecule has 69 heavy (non-hydrogen) atoms. The van der Waals surface area contributed by atoms with Gasteiger partial charge in [-0.2, -0.15) is 16.8 Å². The van der Waals surface area contributed by atoms with Crippen LogP contribution in [0, 0.1) is 0 Å². The monoisotopic (exact) mass is 1080 g/mol. The Balaban J connectivity index is -0.000000161. The minimum atomic E-state index is -4.73. The maximum Gasteiger partial charge on any atom is 0.397 e. The van der Waals surface area contributed by atoms with Gasteiger partial charge in [0.1, 0.15) is 0 Å². The van der Waals surface area contributed by atoms with Crippen molar-refractivity contribution in [2.45, 2.75) is 199 Å². The average Bonchev–Trinajstić information content (AvgIpc) is 3.20. The summed E-state index contributed by atoms with van der Waals surface area (Å²) in [5.41, 5.74) is -2.74. The fraction of sp³-hybridized carbons (Fsp3) is 0.773. The first kappa shape index (κ1) is 82.7. The number of hydrogen-bond donors (Lipinski definition) is 7. The van der Waals surface area contributed by atoms with E-state index >= 15 is 0 Å². The van der Waals surface area contributed by atoms with Gasteiger partial charge in [0.05, 0.1) is 39.1 Å². The van der Waals surface area contributed by atoms with Gasteiger partial charge in [0.25, 0.3) is 10.1 Å². The van der Waals surface area contributed by atoms with Crippen molar-refractivity contribution in [1.82, 2.24) is 0 Å². The number of aliphatic hydroxyl groups is 1. The topological polar surface area (TPSA) is 340 Å². The van der Waals surface area contributed by atoms with Gasteiger partial charge in [0.15, 0.2) is 10.9 Å². The van der Waals surface area contributed by atoms with E-state index in [1.807, 2.05) is 6.92 Å². The van der Waals surface area contributed by atoms with Crippen molar-refractivity contribution in [3.05, 3.63) is 24.3 Å². The van der Waals surface area contributed by atoms with Crippen LogP contribution >= 0.6 is 0 Å². The SMILES string of the molecule is C/C=C/C=C/C(=O)O.CCCCCCCCCCCCOS(=O)(=O)O.CCCCCCCCOC(=O)CC(C(=O)OCCCCCCCC)S(=O)(=O)O.O=C(O)CC(O)(CC(=O)O)C(=O)O.[K].[Na].[Na]. The number of aliphatic carboxylic acids is 4. The van der Waals surface area contributed by atoms with E-state index in [0.717, 1.165) is 76.7 Å². The van der Waals surface area contributed by atoms with Crippen molar-refractivity contribution in [3.63, 3.8) is 0 Å². The number of ether oxygens (including phenoxy) is 2. The molecule has 0 aromatic carbocycles. The van der Waals surface area contributed by atoms with Gasteiger partial charge in [-0.15, -0.1) is 0 Å². The summed E-state index contributed by atoms with van der Waals surface area (Å²) >= 11 is 0. The minimum Gasteiger partial charge on any atom is -0.481 e. The Kier molecular flexibility index (Phi) is 66.4. The van der Waals surface area contributed by atoms with Crippen molar-refractivity contribution >= 4 is 167 Å². The van der Waals surface area contributed by atoms with E-state index < -0.39 is 86.4 Å². The molecule has 0 aliphatic carbocycles. The quantitative estimate of drug-likeness (QED) is 0.00823. The average molecular weight is 1080 g/mol. The molecule has 0 fully saturated rings. The third-order valence-electron chi connectivity index (χ3n) is 9.04. The maximum absolute atomic E-state index is 12.0. The zero-order chi connectivity index (χ0) is 51.3. The predicted molar refractivity (Wildman–Crippen MR) is 264 cm³/mol. The van der Waals surface area contributed by atoms with Crippen LogP contribution in [0.2, 0.25) is 0 Å². The van der Waals surface area contributed by atoms with Crippen LogP contribution in [0.1, 0.15) is 188 Å². The van der Waals surface area contributed by atoms with E-state index in [-0.39, 0.29) is 130 Å². The summed E-state index contributed by atoms with van der Waals surface area (Å²) in [4.78, 5) is 64.0. The number of hydrogen-bond acceptors (Lipinski definition) is 14. The first-order valence-electron chi connectivity index (χ1n) is 22.8. The van der Waals surface area contributed by atoms with Crippen molar-refractivity contribution < 1.29 is 93.9 Å². The number of unbranched alkanes of at least 4 members (excludes halogenated alkanes) is 19. The Morgan fingerprint density at radius 2 is 0.899 bits per heavy atom. The Labute approximate surface area is 498 Å². The molecule has 0 spiro atoms. The molecule has 0 aliphatic rings. The van der Waals surface area contributed by atoms with Gasteiger partial charge < -0.3 is 35.0 Å². The van der Waals surface area contributed by atoms with Crippen LogP contribution in [0.25, 0.3) is 0 Å². The fourth-order valence-corrected chi connectivity index (χ4v) is 6.44. The summed E-state index contributed by atoms with van der Waals surface area (Å²) in [5, 5.41) is 39.9. The summed E-state index contributed by atoms with van der Waals surface area (Å²) in [7, 11) is -8.97. The molecule has 0 rings (SSSR count). The van der Waals surface area contributed by atoms with Crippen molar-refractivity contribution in [3.8, 4) is 0 Å². The molecular weight excluding hydrogens is 998 g/mol. The van der Waals surface area contributed by atoms with E-state index in [1.54, 1.807) is 12.2 Å². The van der Waals surface area contributed by atoms with Gasteiger partial charge in [0.2, 0.25) is 0 Å². The maximum atomic E-state index is 12.0. The van der Waals surface area contributed by atoms with E-state index in [1.165, 1.54) is 57.4 Å². The molecule has 391 valence electrons. The number of carbonyl (C=O) groups excluding carboxylic acids is 2. The normalized spacial score (nSPS) is 11.3. The third kappa shape index (κ3) is 65.7. The zero-order valence-electron chi connectivity index (χ0n) is 42.4. The summed E-state index contributed by atoms with van der Waals surface area (Å²) in [5.74, 6) is -7.86. The third-order valence-corrected chi connectivity index (χ3v) is 10.6. The van der Waals surface area contributed by atoms with Crippen LogP contribution in [0.4, 0.5) is 0 Å². The molecular formula is C44H80KNa2O20S2. The molecule has 20 nitrogen and oxygen atoms in total. The fourth-order valence-electron chi connectivity index (χ4n) is 5.45. The van der Waals surface area contributed by atoms with Gasteiger partial charge in [0, 0.05) is 117 Å². The summed E-state index contributed by atoms with van der Waals surface area (Å²) < 4.78 is 75.0. The summed E-state index contributed by atoms with van der Waals surface area (Å²) in [6, 6.07) is 0. The number of rotatable bonds is 37.